The molecule has 6 nitrogen and oxygen atoms in total. The summed E-state index contributed by atoms with van der Waals surface area (Å²) in [4.78, 5) is 15.7. The molecule has 0 atom stereocenters. The van der Waals surface area contributed by atoms with Gasteiger partial charge < -0.3 is 0 Å². The Labute approximate surface area is 176 Å². The van der Waals surface area contributed by atoms with Gasteiger partial charge in [-0.25, -0.2) is 0 Å². The van der Waals surface area contributed by atoms with Crippen LogP contribution < -0.4 is 19.8 Å². The molecular formula is C22H26N2O4Se. The van der Waals surface area contributed by atoms with Gasteiger partial charge in [-0.15, -0.1) is 0 Å². The van der Waals surface area contributed by atoms with E-state index in [0.29, 0.717) is 22.6 Å². The Morgan fingerprint density at radius 1 is 1.00 bits per heavy atom. The van der Waals surface area contributed by atoms with Crippen molar-refractivity contribution >= 4 is 24.4 Å². The molecule has 0 spiro atoms. The van der Waals surface area contributed by atoms with Crippen molar-refractivity contribution in [2.45, 2.75) is 25.4 Å². The molecule has 4 rings (SSSR count). The maximum absolute atomic E-state index is 13.2. The second-order valence-corrected chi connectivity index (χ2v) is 9.30. The second-order valence-electron chi connectivity index (χ2n) is 7.24. The molecular weight excluding hydrogens is 435 g/mol. The number of nitrogens with zero attached hydrogens (tertiary/aromatic N) is 2. The fraction of sp³-hybridized carbons (Fsp3) is 0.409. The quantitative estimate of drug-likeness (QED) is 0.529. The van der Waals surface area contributed by atoms with Crippen molar-refractivity contribution in [1.29, 1.82) is 0 Å². The summed E-state index contributed by atoms with van der Waals surface area (Å²) in [5, 5.41) is 0.686. The SMILES string of the molecule is COc1cc2c(=O)n(C3CCN(Cc4ccccc4)CC3)[se]c2c(OC)c1OC. The normalized spacial score (nSPS) is 15.6. The van der Waals surface area contributed by atoms with Crippen LogP contribution in [0.25, 0.3) is 9.65 Å². The molecule has 0 bridgehead atoms. The number of methoxy groups -OCH3 is 3. The summed E-state index contributed by atoms with van der Waals surface area (Å²) in [6.07, 6.45) is 1.98. The van der Waals surface area contributed by atoms with Crippen molar-refractivity contribution < 1.29 is 14.2 Å². The molecule has 0 unspecified atom stereocenters. The summed E-state index contributed by atoms with van der Waals surface area (Å²) in [5.74, 6) is 1.72. The van der Waals surface area contributed by atoms with E-state index in [2.05, 4.69) is 32.7 Å². The van der Waals surface area contributed by atoms with E-state index in [9.17, 15) is 4.79 Å². The molecule has 0 aliphatic carbocycles. The molecule has 1 aliphatic heterocycles. The van der Waals surface area contributed by atoms with Crippen LogP contribution in [0.1, 0.15) is 24.4 Å². The number of hydrogen-bond acceptors (Lipinski definition) is 5. The average Bonchev–Trinajstić information content (AvgIpc) is 3.09. The zero-order chi connectivity index (χ0) is 20.4. The van der Waals surface area contributed by atoms with E-state index in [1.165, 1.54) is 5.56 Å². The summed E-state index contributed by atoms with van der Waals surface area (Å²) in [6, 6.07) is 12.6. The van der Waals surface area contributed by atoms with Crippen LogP contribution in [0.3, 0.4) is 0 Å². The van der Waals surface area contributed by atoms with E-state index in [1.54, 1.807) is 27.4 Å². The third-order valence-corrected chi connectivity index (χ3v) is 8.16. The van der Waals surface area contributed by atoms with E-state index in [1.807, 2.05) is 6.07 Å². The van der Waals surface area contributed by atoms with Crippen molar-refractivity contribution in [1.82, 2.24) is 8.46 Å². The topological polar surface area (TPSA) is 52.9 Å². The Morgan fingerprint density at radius 2 is 1.69 bits per heavy atom. The molecule has 2 heterocycles. The third kappa shape index (κ3) is 3.82. The van der Waals surface area contributed by atoms with Crippen molar-refractivity contribution in [3.63, 3.8) is 0 Å². The minimum atomic E-state index is -0.121. The molecule has 0 saturated carbocycles. The van der Waals surface area contributed by atoms with E-state index in [4.69, 9.17) is 14.2 Å². The van der Waals surface area contributed by atoms with Gasteiger partial charge in [0.05, 0.1) is 0 Å². The predicted molar refractivity (Wildman–Crippen MR) is 115 cm³/mol. The van der Waals surface area contributed by atoms with Crippen molar-refractivity contribution in [2.75, 3.05) is 34.4 Å². The van der Waals surface area contributed by atoms with Crippen LogP contribution in [0, 0.1) is 0 Å². The van der Waals surface area contributed by atoms with Crippen molar-refractivity contribution in [3.05, 3.63) is 52.3 Å². The summed E-state index contributed by atoms with van der Waals surface area (Å²) in [6.45, 7) is 2.97. The minimum absolute atomic E-state index is 0.0840. The number of benzene rings is 2. The number of fused-ring (bicyclic) bond motifs is 1. The van der Waals surface area contributed by atoms with Gasteiger partial charge >= 0.3 is 176 Å². The van der Waals surface area contributed by atoms with Gasteiger partial charge in [0.1, 0.15) is 0 Å². The number of piperidine rings is 1. The summed E-state index contributed by atoms with van der Waals surface area (Å²) < 4.78 is 19.5. The van der Waals surface area contributed by atoms with Crippen molar-refractivity contribution in [2.24, 2.45) is 0 Å². The Hall–Kier alpha value is -2.21. The molecule has 0 amide bonds. The van der Waals surface area contributed by atoms with E-state index in [-0.39, 0.29) is 26.3 Å². The number of rotatable bonds is 6. The van der Waals surface area contributed by atoms with Crippen LogP contribution in [0.4, 0.5) is 0 Å². The molecule has 1 saturated heterocycles. The van der Waals surface area contributed by atoms with Crippen LogP contribution >= 0.6 is 0 Å². The average molecular weight is 461 g/mol. The fourth-order valence-electron chi connectivity index (χ4n) is 4.03. The van der Waals surface area contributed by atoms with Gasteiger partial charge in [0, 0.05) is 0 Å². The summed E-state index contributed by atoms with van der Waals surface area (Å²) in [7, 11) is 4.79. The van der Waals surface area contributed by atoms with Gasteiger partial charge in [0.15, 0.2) is 0 Å². The second kappa shape index (κ2) is 8.66. The Bertz CT molecular complexity index is 1040. The third-order valence-electron chi connectivity index (χ3n) is 5.54. The Morgan fingerprint density at radius 3 is 2.31 bits per heavy atom. The van der Waals surface area contributed by atoms with E-state index in [0.717, 1.165) is 36.7 Å². The van der Waals surface area contributed by atoms with Gasteiger partial charge in [0.2, 0.25) is 0 Å². The molecule has 1 aliphatic rings. The van der Waals surface area contributed by atoms with Crippen LogP contribution in [0.5, 0.6) is 17.2 Å². The first-order valence-electron chi connectivity index (χ1n) is 9.77. The number of hydrogen-bond donors (Lipinski definition) is 0. The first-order chi connectivity index (χ1) is 14.2. The molecule has 154 valence electrons. The number of ether oxygens (including phenoxy) is 3. The van der Waals surface area contributed by atoms with Gasteiger partial charge in [0.25, 0.3) is 0 Å². The summed E-state index contributed by atoms with van der Waals surface area (Å²) in [5.41, 5.74) is 1.42. The zero-order valence-corrected chi connectivity index (χ0v) is 18.7. The standard InChI is InChI=1S/C22H26N2O4Se/c1-26-18-13-17-21(20(28-3)19(18)27-2)29-24(22(17)25)16-9-11-23(12-10-16)14-15-7-5-4-6-8-15/h4-8,13,16H,9-12,14H2,1-3H3. The Kier molecular flexibility index (Phi) is 5.99. The van der Waals surface area contributed by atoms with Crippen LogP contribution in [0.2, 0.25) is 0 Å². The molecule has 0 N–H and O–H groups in total. The van der Waals surface area contributed by atoms with Gasteiger partial charge in [-0.3, -0.25) is 0 Å². The molecule has 3 aromatic rings. The Balaban J connectivity index is 1.59. The van der Waals surface area contributed by atoms with Crippen LogP contribution in [-0.2, 0) is 6.54 Å². The number of aromatic nitrogens is 1. The molecule has 0 radical (unpaired) electrons. The monoisotopic (exact) mass is 462 g/mol. The van der Waals surface area contributed by atoms with Gasteiger partial charge in [-0.1, -0.05) is 0 Å². The fourth-order valence-corrected chi connectivity index (χ4v) is 6.64. The first kappa shape index (κ1) is 20.1. The molecule has 1 fully saturated rings. The van der Waals surface area contributed by atoms with Crippen LogP contribution in [0.15, 0.2) is 41.2 Å². The predicted octanol–water partition coefficient (Wildman–Crippen LogP) is 2.92. The van der Waals surface area contributed by atoms with E-state index < -0.39 is 0 Å². The summed E-state index contributed by atoms with van der Waals surface area (Å²) >= 11 is -0.121. The maximum atomic E-state index is 13.2. The van der Waals surface area contributed by atoms with Gasteiger partial charge in [-0.2, -0.15) is 0 Å². The zero-order valence-electron chi connectivity index (χ0n) is 17.0. The number of likely N-dealkylation sites (tertiary alicyclic amines) is 1. The molecule has 1 aromatic heterocycles. The van der Waals surface area contributed by atoms with Crippen LogP contribution in [-0.4, -0.2) is 57.6 Å². The van der Waals surface area contributed by atoms with Crippen molar-refractivity contribution in [3.8, 4) is 17.2 Å². The van der Waals surface area contributed by atoms with Gasteiger partial charge in [-0.05, 0) is 0 Å². The molecule has 29 heavy (non-hydrogen) atoms. The molecule has 7 heteroatoms. The molecule has 2 aromatic carbocycles. The first-order valence-corrected chi connectivity index (χ1v) is 11.4. The van der Waals surface area contributed by atoms with E-state index >= 15 is 0 Å².